The fourth-order valence-corrected chi connectivity index (χ4v) is 1.31. The molecule has 17 heavy (non-hydrogen) atoms. The molecule has 2 N–H and O–H groups in total. The van der Waals surface area contributed by atoms with E-state index in [1.807, 2.05) is 6.92 Å². The van der Waals surface area contributed by atoms with Crippen molar-refractivity contribution < 1.29 is 4.74 Å². The lowest BCUT2D eigenvalue weighted by atomic mass is 10.5. The van der Waals surface area contributed by atoms with Crippen LogP contribution in [0.1, 0.15) is 12.6 Å². The molecule has 0 aliphatic rings. The van der Waals surface area contributed by atoms with E-state index in [0.717, 1.165) is 5.69 Å². The molecular weight excluding hydrogens is 244 g/mol. The number of anilines is 1. The third kappa shape index (κ3) is 3.28. The summed E-state index contributed by atoms with van der Waals surface area (Å²) in [5.41, 5.74) is 0.916. The number of aromatic nitrogens is 5. The maximum absolute atomic E-state index is 5.74. The first-order chi connectivity index (χ1) is 8.28. The number of H-pyrrole nitrogens is 1. The Morgan fingerprint density at radius 1 is 1.41 bits per heavy atom. The summed E-state index contributed by atoms with van der Waals surface area (Å²) >= 11 is 5.74. The molecule has 0 fully saturated rings. The fourth-order valence-electron chi connectivity index (χ4n) is 1.16. The molecule has 0 aromatic carbocycles. The quantitative estimate of drug-likeness (QED) is 0.835. The Balaban J connectivity index is 2.04. The molecule has 2 rings (SSSR count). The molecule has 0 spiro atoms. The Morgan fingerprint density at radius 3 is 3.00 bits per heavy atom. The van der Waals surface area contributed by atoms with Gasteiger partial charge in [0.05, 0.1) is 25.2 Å². The van der Waals surface area contributed by atoms with Crippen molar-refractivity contribution in [3.63, 3.8) is 0 Å². The van der Waals surface area contributed by atoms with Gasteiger partial charge in [-0.1, -0.05) is 0 Å². The van der Waals surface area contributed by atoms with Crippen LogP contribution in [-0.2, 0) is 6.54 Å². The molecule has 8 heteroatoms. The molecule has 0 atom stereocenters. The van der Waals surface area contributed by atoms with Gasteiger partial charge in [0.1, 0.15) is 0 Å². The standard InChI is InChI=1S/C9H11ClN6O/c1-2-17-9-15-7(10)14-8(16-9)12-4-6-3-11-5-13-6/h3,5H,2,4H2,1H3,(H,11,13)(H,12,14,15,16). The first kappa shape index (κ1) is 11.6. The van der Waals surface area contributed by atoms with Crippen LogP contribution in [0.4, 0.5) is 5.95 Å². The highest BCUT2D eigenvalue weighted by molar-refractivity contribution is 6.28. The lowest BCUT2D eigenvalue weighted by Crippen LogP contribution is -2.07. The van der Waals surface area contributed by atoms with Crippen LogP contribution in [0.2, 0.25) is 5.28 Å². The summed E-state index contributed by atoms with van der Waals surface area (Å²) in [6, 6.07) is 0.208. The highest BCUT2D eigenvalue weighted by Crippen LogP contribution is 2.11. The highest BCUT2D eigenvalue weighted by Gasteiger charge is 2.05. The van der Waals surface area contributed by atoms with Crippen LogP contribution in [0.3, 0.4) is 0 Å². The van der Waals surface area contributed by atoms with Crippen molar-refractivity contribution >= 4 is 17.5 Å². The number of nitrogens with one attached hydrogen (secondary N) is 2. The normalized spacial score (nSPS) is 10.2. The number of hydrogen-bond acceptors (Lipinski definition) is 6. The van der Waals surface area contributed by atoms with Crippen molar-refractivity contribution in [2.24, 2.45) is 0 Å². The summed E-state index contributed by atoms with van der Waals surface area (Å²) in [7, 11) is 0. The maximum Gasteiger partial charge on any atom is 0.322 e. The van der Waals surface area contributed by atoms with Gasteiger partial charge < -0.3 is 15.0 Å². The number of hydrogen-bond donors (Lipinski definition) is 2. The molecule has 0 unspecified atom stereocenters. The number of ether oxygens (including phenoxy) is 1. The number of aromatic amines is 1. The van der Waals surface area contributed by atoms with E-state index in [4.69, 9.17) is 16.3 Å². The molecule has 2 aromatic rings. The van der Waals surface area contributed by atoms with Gasteiger partial charge in [-0.25, -0.2) is 4.98 Å². The average molecular weight is 255 g/mol. The van der Waals surface area contributed by atoms with Gasteiger partial charge in [-0.15, -0.1) is 0 Å². The molecule has 0 amide bonds. The van der Waals surface area contributed by atoms with Crippen LogP contribution in [0, 0.1) is 0 Å². The molecule has 2 aromatic heterocycles. The van der Waals surface area contributed by atoms with Gasteiger partial charge >= 0.3 is 6.01 Å². The van der Waals surface area contributed by atoms with E-state index in [1.165, 1.54) is 0 Å². The lowest BCUT2D eigenvalue weighted by molar-refractivity contribution is 0.312. The van der Waals surface area contributed by atoms with Gasteiger partial charge in [0.25, 0.3) is 0 Å². The van der Waals surface area contributed by atoms with Gasteiger partial charge in [-0.2, -0.15) is 15.0 Å². The number of halogens is 1. The Labute approximate surface area is 103 Å². The molecule has 0 saturated carbocycles. The van der Waals surface area contributed by atoms with Crippen LogP contribution in [0.25, 0.3) is 0 Å². The Kier molecular flexibility index (Phi) is 3.71. The van der Waals surface area contributed by atoms with Gasteiger partial charge in [0.2, 0.25) is 11.2 Å². The van der Waals surface area contributed by atoms with Gasteiger partial charge in [-0.3, -0.25) is 0 Å². The number of nitrogens with zero attached hydrogens (tertiary/aromatic N) is 4. The maximum atomic E-state index is 5.74. The summed E-state index contributed by atoms with van der Waals surface area (Å²) in [6.45, 7) is 2.83. The van der Waals surface area contributed by atoms with E-state index >= 15 is 0 Å². The highest BCUT2D eigenvalue weighted by atomic mass is 35.5. The van der Waals surface area contributed by atoms with E-state index < -0.39 is 0 Å². The summed E-state index contributed by atoms with van der Waals surface area (Å²) in [6.07, 6.45) is 3.31. The molecule has 0 saturated heterocycles. The minimum absolute atomic E-state index is 0.0931. The zero-order valence-corrected chi connectivity index (χ0v) is 9.90. The van der Waals surface area contributed by atoms with Gasteiger partial charge in [-0.05, 0) is 18.5 Å². The monoisotopic (exact) mass is 254 g/mol. The summed E-state index contributed by atoms with van der Waals surface area (Å²) in [5, 5.41) is 3.08. The van der Waals surface area contributed by atoms with Crippen molar-refractivity contribution in [3.05, 3.63) is 23.5 Å². The SMILES string of the molecule is CCOc1nc(Cl)nc(NCc2cnc[nH]2)n1. The summed E-state index contributed by atoms with van der Waals surface area (Å²) < 4.78 is 5.16. The predicted octanol–water partition coefficient (Wildman–Crippen LogP) is 1.26. The van der Waals surface area contributed by atoms with Gasteiger partial charge in [0.15, 0.2) is 0 Å². The third-order valence-corrected chi connectivity index (χ3v) is 2.02. The topological polar surface area (TPSA) is 88.6 Å². The molecule has 0 aliphatic heterocycles. The second-order valence-corrected chi connectivity index (χ2v) is 3.41. The van der Waals surface area contributed by atoms with Crippen LogP contribution in [-0.4, -0.2) is 31.5 Å². The average Bonchev–Trinajstić information content (AvgIpc) is 2.79. The van der Waals surface area contributed by atoms with Crippen molar-refractivity contribution in [1.29, 1.82) is 0 Å². The minimum atomic E-state index is 0.0931. The Morgan fingerprint density at radius 2 is 2.29 bits per heavy atom. The second-order valence-electron chi connectivity index (χ2n) is 3.07. The van der Waals surface area contributed by atoms with E-state index in [9.17, 15) is 0 Å². The molecule has 0 bridgehead atoms. The largest absolute Gasteiger partial charge is 0.464 e. The minimum Gasteiger partial charge on any atom is -0.464 e. The molecule has 7 nitrogen and oxygen atoms in total. The van der Waals surface area contributed by atoms with Crippen molar-refractivity contribution in [3.8, 4) is 6.01 Å². The fraction of sp³-hybridized carbons (Fsp3) is 0.333. The van der Waals surface area contributed by atoms with Crippen molar-refractivity contribution in [2.75, 3.05) is 11.9 Å². The summed E-state index contributed by atoms with van der Waals surface area (Å²) in [4.78, 5) is 18.7. The number of rotatable bonds is 5. The van der Waals surface area contributed by atoms with Gasteiger partial charge in [0, 0.05) is 6.20 Å². The predicted molar refractivity (Wildman–Crippen MR) is 61.9 cm³/mol. The Hall–Kier alpha value is -1.89. The van der Waals surface area contributed by atoms with Crippen LogP contribution >= 0.6 is 11.6 Å². The van der Waals surface area contributed by atoms with Crippen LogP contribution in [0.15, 0.2) is 12.5 Å². The first-order valence-electron chi connectivity index (χ1n) is 5.03. The molecular formula is C9H11ClN6O. The van der Waals surface area contributed by atoms with Crippen molar-refractivity contribution in [1.82, 2.24) is 24.9 Å². The third-order valence-electron chi connectivity index (χ3n) is 1.85. The van der Waals surface area contributed by atoms with E-state index in [2.05, 4.69) is 30.2 Å². The smallest absolute Gasteiger partial charge is 0.322 e. The zero-order valence-electron chi connectivity index (χ0n) is 9.14. The summed E-state index contributed by atoms with van der Waals surface area (Å²) in [5.74, 6) is 0.364. The first-order valence-corrected chi connectivity index (χ1v) is 5.41. The molecule has 0 aliphatic carbocycles. The van der Waals surface area contributed by atoms with Crippen LogP contribution < -0.4 is 10.1 Å². The molecule has 90 valence electrons. The second kappa shape index (κ2) is 5.44. The van der Waals surface area contributed by atoms with Crippen molar-refractivity contribution in [2.45, 2.75) is 13.5 Å². The zero-order chi connectivity index (χ0) is 12.1. The molecule has 0 radical (unpaired) electrons. The van der Waals surface area contributed by atoms with Crippen LogP contribution in [0.5, 0.6) is 6.01 Å². The lowest BCUT2D eigenvalue weighted by Gasteiger charge is -2.05. The number of imidazole rings is 1. The van der Waals surface area contributed by atoms with E-state index in [-0.39, 0.29) is 11.3 Å². The Bertz CT molecular complexity index is 474. The van der Waals surface area contributed by atoms with E-state index in [1.54, 1.807) is 12.5 Å². The molecule has 2 heterocycles. The van der Waals surface area contributed by atoms with E-state index in [0.29, 0.717) is 19.1 Å².